The molecule has 2 aromatic rings. The molecule has 11 nitrogen and oxygen atoms in total. The number of aromatic carboxylic acids is 1. The van der Waals surface area contributed by atoms with E-state index in [2.05, 4.69) is 16.9 Å². The molecule has 41 heavy (non-hydrogen) atoms. The number of esters is 1. The third kappa shape index (κ3) is 7.69. The maximum Gasteiger partial charge on any atom is 0.511 e. The maximum atomic E-state index is 13.4. The molecule has 0 saturated heterocycles. The van der Waals surface area contributed by atoms with Crippen LogP contribution in [0.5, 0.6) is 0 Å². The van der Waals surface area contributed by atoms with Gasteiger partial charge in [0.1, 0.15) is 11.8 Å². The minimum Gasteiger partial charge on any atom is -0.478 e. The fourth-order valence-electron chi connectivity index (χ4n) is 4.71. The summed E-state index contributed by atoms with van der Waals surface area (Å²) in [6, 6.07) is 5.52. The highest BCUT2D eigenvalue weighted by molar-refractivity contribution is 6.03. The molecule has 2 aliphatic carbocycles. The molecule has 2 fully saturated rings. The van der Waals surface area contributed by atoms with Crippen molar-refractivity contribution in [1.82, 2.24) is 10.3 Å². The molecule has 0 bridgehead atoms. The van der Waals surface area contributed by atoms with Gasteiger partial charge in [-0.1, -0.05) is 19.1 Å². The summed E-state index contributed by atoms with van der Waals surface area (Å²) in [5.74, 6) is -2.44. The summed E-state index contributed by atoms with van der Waals surface area (Å²) >= 11 is 0. The predicted molar refractivity (Wildman–Crippen MR) is 147 cm³/mol. The first kappa shape index (κ1) is 29.7. The number of carboxylic acid groups (broad SMARTS) is 1. The molecule has 0 spiro atoms. The van der Waals surface area contributed by atoms with Crippen LogP contribution < -0.4 is 5.32 Å². The molecule has 1 aromatic heterocycles. The number of aromatic nitrogens is 1. The number of hydrogen-bond acceptors (Lipinski definition) is 9. The minimum atomic E-state index is -1.37. The van der Waals surface area contributed by atoms with Crippen LogP contribution in [0.4, 0.5) is 4.79 Å². The number of hydrogen-bond donors (Lipinski definition) is 3. The second kappa shape index (κ2) is 13.4. The van der Waals surface area contributed by atoms with Crippen molar-refractivity contribution in [2.75, 3.05) is 6.54 Å². The van der Waals surface area contributed by atoms with Crippen molar-refractivity contribution < 1.29 is 43.6 Å². The number of ether oxygens (including phenoxy) is 3. The molecule has 1 unspecified atom stereocenters. The van der Waals surface area contributed by atoms with E-state index in [9.17, 15) is 29.4 Å². The zero-order valence-electron chi connectivity index (χ0n) is 22.9. The van der Waals surface area contributed by atoms with Crippen LogP contribution in [0.3, 0.4) is 0 Å². The van der Waals surface area contributed by atoms with E-state index < -0.39 is 36.9 Å². The van der Waals surface area contributed by atoms with Crippen molar-refractivity contribution >= 4 is 30.1 Å². The van der Waals surface area contributed by atoms with E-state index in [1.807, 2.05) is 0 Å². The Labute approximate surface area is 237 Å². The van der Waals surface area contributed by atoms with Gasteiger partial charge in [-0.15, -0.1) is 0 Å². The molecule has 1 aromatic carbocycles. The zero-order valence-corrected chi connectivity index (χ0v) is 22.9. The quantitative estimate of drug-likeness (QED) is 0.257. The highest BCUT2D eigenvalue weighted by Crippen LogP contribution is 2.32. The number of aliphatic hydroxyl groups is 1. The van der Waals surface area contributed by atoms with Crippen molar-refractivity contribution in [3.8, 4) is 11.1 Å². The Morgan fingerprint density at radius 1 is 1.07 bits per heavy atom. The summed E-state index contributed by atoms with van der Waals surface area (Å²) in [6.07, 6.45) is 5.31. The molecule has 0 aliphatic heterocycles. The summed E-state index contributed by atoms with van der Waals surface area (Å²) in [5.41, 5.74) is 0.272. The van der Waals surface area contributed by atoms with Gasteiger partial charge in [0, 0.05) is 19.0 Å². The minimum absolute atomic E-state index is 0.0495. The molecule has 3 N–H and O–H groups in total. The van der Waals surface area contributed by atoms with Gasteiger partial charge in [-0.3, -0.25) is 4.79 Å². The average molecular weight is 567 g/mol. The van der Waals surface area contributed by atoms with E-state index in [0.717, 1.165) is 44.9 Å². The zero-order chi connectivity index (χ0) is 29.5. The lowest BCUT2D eigenvalue weighted by atomic mass is 9.92. The van der Waals surface area contributed by atoms with Gasteiger partial charge in [-0.25, -0.2) is 19.4 Å². The Kier molecular flexibility index (Phi) is 9.72. The van der Waals surface area contributed by atoms with E-state index in [1.165, 1.54) is 37.3 Å². The molecule has 4 rings (SSSR count). The fourth-order valence-corrected chi connectivity index (χ4v) is 4.71. The summed E-state index contributed by atoms with van der Waals surface area (Å²) in [4.78, 5) is 54.8. The summed E-state index contributed by atoms with van der Waals surface area (Å²) in [6.45, 7) is 5.05. The summed E-state index contributed by atoms with van der Waals surface area (Å²) in [7, 11) is 0. The van der Waals surface area contributed by atoms with Crippen molar-refractivity contribution in [2.45, 2.75) is 70.9 Å². The SMILES string of the molecule is C=Cc1cc(C(=O)O)c(-c2ccc(C(=O)NCC3CC3)nc2C(=O)OC(C)OC(=O)OC2CCCCC2)cc1CO. The van der Waals surface area contributed by atoms with Gasteiger partial charge in [-0.05, 0) is 85.4 Å². The van der Waals surface area contributed by atoms with Crippen LogP contribution in [0.1, 0.15) is 94.3 Å². The van der Waals surface area contributed by atoms with Crippen molar-refractivity contribution in [1.29, 1.82) is 0 Å². The number of carbonyl (C=O) groups is 4. The number of carboxylic acids is 1. The van der Waals surface area contributed by atoms with Gasteiger partial charge in [0.2, 0.25) is 6.29 Å². The maximum absolute atomic E-state index is 13.4. The molecule has 2 aliphatic rings. The molecule has 11 heteroatoms. The third-order valence-corrected chi connectivity index (χ3v) is 7.11. The largest absolute Gasteiger partial charge is 0.511 e. The van der Waals surface area contributed by atoms with Gasteiger partial charge in [0.25, 0.3) is 5.91 Å². The van der Waals surface area contributed by atoms with Gasteiger partial charge in [-0.2, -0.15) is 0 Å². The number of amides is 1. The second-order valence-electron chi connectivity index (χ2n) is 10.2. The first-order valence-electron chi connectivity index (χ1n) is 13.7. The predicted octanol–water partition coefficient (Wildman–Crippen LogP) is 4.71. The molecule has 1 amide bonds. The highest BCUT2D eigenvalue weighted by Gasteiger charge is 2.28. The van der Waals surface area contributed by atoms with E-state index in [0.29, 0.717) is 23.6 Å². The molecular weight excluding hydrogens is 532 g/mol. The Morgan fingerprint density at radius 2 is 1.80 bits per heavy atom. The molecule has 1 atom stereocenters. The topological polar surface area (TPSA) is 161 Å². The van der Waals surface area contributed by atoms with Gasteiger partial charge >= 0.3 is 18.1 Å². The highest BCUT2D eigenvalue weighted by atomic mass is 16.8. The van der Waals surface area contributed by atoms with E-state index in [-0.39, 0.29) is 34.2 Å². The van der Waals surface area contributed by atoms with Crippen molar-refractivity contribution in [3.63, 3.8) is 0 Å². The van der Waals surface area contributed by atoms with Gasteiger partial charge in [0.15, 0.2) is 5.69 Å². The number of nitrogens with one attached hydrogen (secondary N) is 1. The van der Waals surface area contributed by atoms with Crippen LogP contribution >= 0.6 is 0 Å². The van der Waals surface area contributed by atoms with Crippen LogP contribution in [0, 0.1) is 5.92 Å². The number of benzene rings is 1. The molecular formula is C30H34N2O9. The van der Waals surface area contributed by atoms with Gasteiger partial charge < -0.3 is 29.7 Å². The van der Waals surface area contributed by atoms with E-state index >= 15 is 0 Å². The lowest BCUT2D eigenvalue weighted by molar-refractivity contribution is -0.0917. The first-order valence-corrected chi connectivity index (χ1v) is 13.7. The van der Waals surface area contributed by atoms with E-state index in [4.69, 9.17) is 14.2 Å². The number of nitrogens with zero attached hydrogens (tertiary/aromatic N) is 1. The first-order chi connectivity index (χ1) is 19.7. The number of pyridine rings is 1. The Balaban J connectivity index is 1.63. The van der Waals surface area contributed by atoms with Crippen LogP contribution in [-0.4, -0.2) is 58.1 Å². The van der Waals surface area contributed by atoms with Crippen molar-refractivity contribution in [2.24, 2.45) is 5.92 Å². The number of aliphatic hydroxyl groups excluding tert-OH is 1. The fraction of sp³-hybridized carbons (Fsp3) is 0.433. The summed E-state index contributed by atoms with van der Waals surface area (Å²) < 4.78 is 15.8. The van der Waals surface area contributed by atoms with Crippen LogP contribution in [0.25, 0.3) is 17.2 Å². The van der Waals surface area contributed by atoms with Crippen molar-refractivity contribution in [3.05, 3.63) is 58.9 Å². The smallest absolute Gasteiger partial charge is 0.478 e. The Morgan fingerprint density at radius 3 is 2.44 bits per heavy atom. The third-order valence-electron chi connectivity index (χ3n) is 7.11. The number of rotatable bonds is 11. The lowest BCUT2D eigenvalue weighted by Crippen LogP contribution is -2.28. The Bertz CT molecular complexity index is 1330. The normalized spacial score (nSPS) is 15.9. The number of carbonyl (C=O) groups excluding carboxylic acids is 3. The van der Waals surface area contributed by atoms with Gasteiger partial charge in [0.05, 0.1) is 12.2 Å². The Hall–Kier alpha value is -4.25. The van der Waals surface area contributed by atoms with E-state index in [1.54, 1.807) is 0 Å². The standard InChI is InChI=1S/C30H34N2O9/c1-3-19-13-24(28(35)36)23(14-20(19)16-33)22-11-12-25(27(34)31-15-18-9-10-18)32-26(22)29(37)39-17(2)40-30(38)41-21-7-5-4-6-8-21/h3,11-14,17-18,21,33H,1,4-10,15-16H2,2H3,(H,31,34)(H,35,36). The van der Waals surface area contributed by atoms with Crippen LogP contribution in [-0.2, 0) is 20.8 Å². The molecule has 2 saturated carbocycles. The molecule has 1 heterocycles. The monoisotopic (exact) mass is 566 g/mol. The van der Waals surface area contributed by atoms with Crippen LogP contribution in [0.15, 0.2) is 30.8 Å². The summed E-state index contributed by atoms with van der Waals surface area (Å²) in [5, 5.41) is 22.6. The molecule has 218 valence electrons. The lowest BCUT2D eigenvalue weighted by Gasteiger charge is -2.22. The van der Waals surface area contributed by atoms with Crippen LogP contribution in [0.2, 0.25) is 0 Å². The second-order valence-corrected chi connectivity index (χ2v) is 10.2. The molecule has 0 radical (unpaired) electrons. The average Bonchev–Trinajstić information content (AvgIpc) is 3.79.